The predicted octanol–water partition coefficient (Wildman–Crippen LogP) is 3.56. The first-order valence-corrected chi connectivity index (χ1v) is 7.85. The number of rotatable bonds is 3. The molecule has 0 bridgehead atoms. The van der Waals surface area contributed by atoms with Crippen molar-refractivity contribution < 1.29 is 4.74 Å². The van der Waals surface area contributed by atoms with Crippen molar-refractivity contribution in [3.63, 3.8) is 0 Å². The Hall–Kier alpha value is -0.0800. The summed E-state index contributed by atoms with van der Waals surface area (Å²) in [6.07, 6.45) is 5.25. The van der Waals surface area contributed by atoms with E-state index in [9.17, 15) is 0 Å². The average molecular weight is 253 g/mol. The van der Waals surface area contributed by atoms with Gasteiger partial charge in [-0.25, -0.2) is 0 Å². The van der Waals surface area contributed by atoms with Crippen LogP contribution in [0.3, 0.4) is 0 Å². The predicted molar refractivity (Wildman–Crippen MR) is 76.8 cm³/mol. The molecule has 106 valence electrons. The molecule has 2 aliphatic heterocycles. The van der Waals surface area contributed by atoms with E-state index in [2.05, 4.69) is 32.6 Å². The summed E-state index contributed by atoms with van der Waals surface area (Å²) in [5.41, 5.74) is 0.565. The van der Waals surface area contributed by atoms with Crippen LogP contribution in [-0.4, -0.2) is 37.2 Å². The molecule has 0 aliphatic carbocycles. The third-order valence-corrected chi connectivity index (χ3v) is 5.75. The van der Waals surface area contributed by atoms with Gasteiger partial charge in [-0.1, -0.05) is 27.7 Å². The molecule has 1 unspecified atom stereocenters. The zero-order valence-corrected chi connectivity index (χ0v) is 12.7. The zero-order valence-electron chi connectivity index (χ0n) is 12.7. The maximum atomic E-state index is 5.47. The van der Waals surface area contributed by atoms with Crippen molar-refractivity contribution in [3.8, 4) is 0 Å². The number of likely N-dealkylation sites (tertiary alicyclic amines) is 1. The molecule has 2 heteroatoms. The van der Waals surface area contributed by atoms with Crippen LogP contribution in [0.15, 0.2) is 0 Å². The molecule has 0 radical (unpaired) electrons. The number of ether oxygens (including phenoxy) is 1. The van der Waals surface area contributed by atoms with Crippen LogP contribution in [-0.2, 0) is 4.74 Å². The molecule has 0 N–H and O–H groups in total. The summed E-state index contributed by atoms with van der Waals surface area (Å²) in [7, 11) is 0. The Balaban J connectivity index is 1.86. The lowest BCUT2D eigenvalue weighted by atomic mass is 9.67. The van der Waals surface area contributed by atoms with Crippen LogP contribution < -0.4 is 0 Å². The van der Waals surface area contributed by atoms with E-state index in [0.29, 0.717) is 5.41 Å². The van der Waals surface area contributed by atoms with Gasteiger partial charge in [0.25, 0.3) is 0 Å². The molecular weight excluding hydrogens is 222 g/mol. The average Bonchev–Trinajstić information content (AvgIpc) is 2.39. The molecule has 0 aromatic rings. The Morgan fingerprint density at radius 2 is 1.61 bits per heavy atom. The second-order valence-electron chi connectivity index (χ2n) is 7.07. The van der Waals surface area contributed by atoms with Gasteiger partial charge in [-0.05, 0) is 56.0 Å². The van der Waals surface area contributed by atoms with E-state index < -0.39 is 0 Å². The summed E-state index contributed by atoms with van der Waals surface area (Å²) in [5.74, 6) is 1.65. The Morgan fingerprint density at radius 3 is 2.11 bits per heavy atom. The smallest absolute Gasteiger partial charge is 0.0480 e. The van der Waals surface area contributed by atoms with Crippen molar-refractivity contribution in [2.24, 2.45) is 17.3 Å². The van der Waals surface area contributed by atoms with Crippen LogP contribution in [0.2, 0.25) is 0 Å². The molecule has 2 fully saturated rings. The van der Waals surface area contributed by atoms with Gasteiger partial charge in [-0.3, -0.25) is 0 Å². The molecule has 0 aromatic carbocycles. The van der Waals surface area contributed by atoms with E-state index in [4.69, 9.17) is 4.74 Å². The minimum absolute atomic E-state index is 0.565. The van der Waals surface area contributed by atoms with Crippen molar-refractivity contribution in [1.29, 1.82) is 0 Å². The molecular formula is C16H31NO. The highest BCUT2D eigenvalue weighted by Gasteiger charge is 2.37. The maximum Gasteiger partial charge on any atom is 0.0480 e. The molecule has 2 nitrogen and oxygen atoms in total. The van der Waals surface area contributed by atoms with Gasteiger partial charge in [-0.2, -0.15) is 0 Å². The highest BCUT2D eigenvalue weighted by molar-refractivity contribution is 4.89. The first kappa shape index (κ1) is 14.3. The van der Waals surface area contributed by atoms with Crippen LogP contribution in [0.4, 0.5) is 0 Å². The van der Waals surface area contributed by atoms with E-state index in [-0.39, 0.29) is 0 Å². The van der Waals surface area contributed by atoms with Gasteiger partial charge < -0.3 is 9.64 Å². The fourth-order valence-electron chi connectivity index (χ4n) is 3.71. The standard InChI is InChI=1S/C16H31NO/c1-13(2)14(3)16(4)7-9-17(10-8-16)15-5-11-18-12-6-15/h13-15H,5-12H2,1-4H3. The quantitative estimate of drug-likeness (QED) is 0.762. The number of hydrogen-bond acceptors (Lipinski definition) is 2. The summed E-state index contributed by atoms with van der Waals surface area (Å²) in [4.78, 5) is 2.73. The monoisotopic (exact) mass is 253 g/mol. The van der Waals surface area contributed by atoms with Crippen molar-refractivity contribution in [2.75, 3.05) is 26.3 Å². The number of piperidine rings is 1. The highest BCUT2D eigenvalue weighted by Crippen LogP contribution is 2.42. The molecule has 1 atom stereocenters. The lowest BCUT2D eigenvalue weighted by molar-refractivity contribution is -0.00915. The summed E-state index contributed by atoms with van der Waals surface area (Å²) in [5, 5.41) is 0. The number of nitrogens with zero attached hydrogens (tertiary/aromatic N) is 1. The molecule has 0 saturated carbocycles. The Labute approximate surface area is 113 Å². The second kappa shape index (κ2) is 5.92. The van der Waals surface area contributed by atoms with Gasteiger partial charge in [0.05, 0.1) is 0 Å². The Bertz CT molecular complexity index is 250. The maximum absolute atomic E-state index is 5.47. The van der Waals surface area contributed by atoms with Crippen molar-refractivity contribution in [3.05, 3.63) is 0 Å². The first-order valence-electron chi connectivity index (χ1n) is 7.85. The van der Waals surface area contributed by atoms with E-state index in [1.807, 2.05) is 0 Å². The van der Waals surface area contributed by atoms with Crippen molar-refractivity contribution >= 4 is 0 Å². The molecule has 2 aliphatic rings. The topological polar surface area (TPSA) is 12.5 Å². The second-order valence-corrected chi connectivity index (χ2v) is 7.07. The molecule has 0 spiro atoms. The van der Waals surface area contributed by atoms with Crippen LogP contribution in [0, 0.1) is 17.3 Å². The molecule has 2 heterocycles. The lowest BCUT2D eigenvalue weighted by Gasteiger charge is -2.47. The Morgan fingerprint density at radius 1 is 1.06 bits per heavy atom. The molecule has 0 amide bonds. The molecule has 2 saturated heterocycles. The largest absolute Gasteiger partial charge is 0.381 e. The third kappa shape index (κ3) is 3.08. The Kier molecular flexibility index (Phi) is 4.71. The van der Waals surface area contributed by atoms with E-state index in [1.165, 1.54) is 38.8 Å². The minimum Gasteiger partial charge on any atom is -0.381 e. The fourth-order valence-corrected chi connectivity index (χ4v) is 3.71. The van der Waals surface area contributed by atoms with Gasteiger partial charge in [0, 0.05) is 19.3 Å². The van der Waals surface area contributed by atoms with Gasteiger partial charge in [0.15, 0.2) is 0 Å². The summed E-state index contributed by atoms with van der Waals surface area (Å²) >= 11 is 0. The van der Waals surface area contributed by atoms with Gasteiger partial charge in [-0.15, -0.1) is 0 Å². The van der Waals surface area contributed by atoms with E-state index in [0.717, 1.165) is 31.1 Å². The van der Waals surface area contributed by atoms with Crippen molar-refractivity contribution in [2.45, 2.75) is 59.4 Å². The first-order chi connectivity index (χ1) is 8.53. The van der Waals surface area contributed by atoms with Crippen LogP contribution in [0.25, 0.3) is 0 Å². The summed E-state index contributed by atoms with van der Waals surface area (Å²) in [6.45, 7) is 14.3. The molecule has 18 heavy (non-hydrogen) atoms. The summed E-state index contributed by atoms with van der Waals surface area (Å²) < 4.78 is 5.47. The molecule has 0 aromatic heterocycles. The minimum atomic E-state index is 0.565. The lowest BCUT2D eigenvalue weighted by Crippen LogP contribution is -2.48. The van der Waals surface area contributed by atoms with Crippen LogP contribution in [0.1, 0.15) is 53.4 Å². The van der Waals surface area contributed by atoms with Gasteiger partial charge in [0.2, 0.25) is 0 Å². The van der Waals surface area contributed by atoms with Gasteiger partial charge in [0.1, 0.15) is 0 Å². The van der Waals surface area contributed by atoms with Crippen LogP contribution >= 0.6 is 0 Å². The summed E-state index contributed by atoms with van der Waals surface area (Å²) in [6, 6.07) is 0.803. The normalized spacial score (nSPS) is 28.5. The number of hydrogen-bond donors (Lipinski definition) is 0. The highest BCUT2D eigenvalue weighted by atomic mass is 16.5. The fraction of sp³-hybridized carbons (Fsp3) is 1.00. The third-order valence-electron chi connectivity index (χ3n) is 5.75. The van der Waals surface area contributed by atoms with Crippen molar-refractivity contribution in [1.82, 2.24) is 4.90 Å². The molecule has 2 rings (SSSR count). The SMILES string of the molecule is CC(C)C(C)C1(C)CCN(C2CCOCC2)CC1. The van der Waals surface area contributed by atoms with Gasteiger partial charge >= 0.3 is 0 Å². The van der Waals surface area contributed by atoms with E-state index in [1.54, 1.807) is 0 Å². The van der Waals surface area contributed by atoms with E-state index >= 15 is 0 Å². The van der Waals surface area contributed by atoms with Crippen LogP contribution in [0.5, 0.6) is 0 Å². The zero-order chi connectivity index (χ0) is 13.2.